The Hall–Kier alpha value is -2.28. The highest BCUT2D eigenvalue weighted by molar-refractivity contribution is 6.32. The van der Waals surface area contributed by atoms with Crippen LogP contribution in [0.2, 0.25) is 5.02 Å². The lowest BCUT2D eigenvalue weighted by atomic mass is 10.0. The number of rotatable bonds is 4. The summed E-state index contributed by atoms with van der Waals surface area (Å²) < 4.78 is 5.84. The van der Waals surface area contributed by atoms with Crippen LogP contribution in [0.25, 0.3) is 0 Å². The molecule has 0 bridgehead atoms. The van der Waals surface area contributed by atoms with Crippen LogP contribution in [0, 0.1) is 0 Å². The molecule has 2 fully saturated rings. The molecule has 136 valence electrons. The van der Waals surface area contributed by atoms with Crippen molar-refractivity contribution < 1.29 is 14.6 Å². The van der Waals surface area contributed by atoms with Gasteiger partial charge in [-0.3, -0.25) is 4.79 Å². The van der Waals surface area contributed by atoms with Gasteiger partial charge in [0.1, 0.15) is 23.6 Å². The first-order chi connectivity index (χ1) is 12.6. The highest BCUT2D eigenvalue weighted by Gasteiger charge is 2.39. The third-order valence-corrected chi connectivity index (χ3v) is 5.10. The van der Waals surface area contributed by atoms with Crippen LogP contribution < -0.4 is 15.6 Å². The molecule has 2 aliphatic heterocycles. The lowest BCUT2D eigenvalue weighted by Crippen LogP contribution is -2.60. The van der Waals surface area contributed by atoms with E-state index in [1.807, 2.05) is 30.3 Å². The molecule has 26 heavy (non-hydrogen) atoms. The van der Waals surface area contributed by atoms with Crippen molar-refractivity contribution in [2.45, 2.75) is 24.6 Å². The van der Waals surface area contributed by atoms with E-state index in [0.29, 0.717) is 30.3 Å². The first-order valence-electron chi connectivity index (χ1n) is 8.60. The van der Waals surface area contributed by atoms with Gasteiger partial charge in [0.05, 0.1) is 18.1 Å². The van der Waals surface area contributed by atoms with Gasteiger partial charge in [-0.15, -0.1) is 0 Å². The number of hydrazine groups is 1. The Morgan fingerprint density at radius 1 is 1.12 bits per heavy atom. The van der Waals surface area contributed by atoms with Gasteiger partial charge in [-0.05, 0) is 36.2 Å². The zero-order valence-corrected chi connectivity index (χ0v) is 14.8. The maximum atomic E-state index is 12.6. The molecule has 6 nitrogen and oxygen atoms in total. The standard InChI is InChI=1S/C19H20ClN3O3/c20-15-3-1-2-4-18(15)26-14-10-23(11-14)19(25)17-9-16(21-22-17)12-5-7-13(24)8-6-12/h1-8,14,16-17,21-22,24H,9-11H2. The molecule has 0 radical (unpaired) electrons. The Balaban J connectivity index is 1.28. The number of carbonyl (C=O) groups excluding carboxylic acids is 1. The summed E-state index contributed by atoms with van der Waals surface area (Å²) in [5, 5.41) is 9.96. The Bertz CT molecular complexity index is 793. The van der Waals surface area contributed by atoms with Crippen LogP contribution in [-0.2, 0) is 4.79 Å². The highest BCUT2D eigenvalue weighted by atomic mass is 35.5. The molecule has 2 unspecified atom stereocenters. The second-order valence-electron chi connectivity index (χ2n) is 6.63. The van der Waals surface area contributed by atoms with Crippen molar-refractivity contribution in [3.63, 3.8) is 0 Å². The Morgan fingerprint density at radius 3 is 2.58 bits per heavy atom. The molecular formula is C19H20ClN3O3. The normalized spacial score (nSPS) is 22.9. The number of phenols is 1. The number of halogens is 1. The smallest absolute Gasteiger partial charge is 0.241 e. The van der Waals surface area contributed by atoms with Gasteiger partial charge in [0.2, 0.25) is 5.91 Å². The SMILES string of the molecule is O=C(C1CC(c2ccc(O)cc2)NN1)N1CC(Oc2ccccc2Cl)C1. The van der Waals surface area contributed by atoms with Crippen LogP contribution in [0.4, 0.5) is 0 Å². The van der Waals surface area contributed by atoms with Crippen LogP contribution >= 0.6 is 11.6 Å². The van der Waals surface area contributed by atoms with E-state index in [-0.39, 0.29) is 29.8 Å². The number of ether oxygens (including phenoxy) is 1. The zero-order valence-electron chi connectivity index (χ0n) is 14.1. The lowest BCUT2D eigenvalue weighted by molar-refractivity contribution is -0.142. The molecule has 0 aliphatic carbocycles. The van der Waals surface area contributed by atoms with Crippen LogP contribution in [0.5, 0.6) is 11.5 Å². The van der Waals surface area contributed by atoms with E-state index in [0.717, 1.165) is 5.56 Å². The first kappa shape index (κ1) is 17.1. The average molecular weight is 374 g/mol. The summed E-state index contributed by atoms with van der Waals surface area (Å²) in [5.41, 5.74) is 7.27. The monoisotopic (exact) mass is 373 g/mol. The van der Waals surface area contributed by atoms with Crippen molar-refractivity contribution in [1.29, 1.82) is 0 Å². The summed E-state index contributed by atoms with van der Waals surface area (Å²) in [6.45, 7) is 1.12. The minimum atomic E-state index is -0.268. The van der Waals surface area contributed by atoms with E-state index in [2.05, 4.69) is 10.9 Å². The fourth-order valence-corrected chi connectivity index (χ4v) is 3.46. The number of aromatic hydroxyl groups is 1. The molecule has 0 saturated carbocycles. The summed E-state index contributed by atoms with van der Waals surface area (Å²) >= 11 is 6.10. The van der Waals surface area contributed by atoms with Crippen LogP contribution in [0.15, 0.2) is 48.5 Å². The molecule has 2 aromatic carbocycles. The molecule has 2 aromatic rings. The van der Waals surface area contributed by atoms with E-state index in [9.17, 15) is 9.90 Å². The Morgan fingerprint density at radius 2 is 1.85 bits per heavy atom. The fourth-order valence-electron chi connectivity index (χ4n) is 3.28. The zero-order chi connectivity index (χ0) is 18.1. The van der Waals surface area contributed by atoms with Crippen molar-refractivity contribution in [1.82, 2.24) is 15.8 Å². The third-order valence-electron chi connectivity index (χ3n) is 4.79. The number of para-hydroxylation sites is 1. The van der Waals surface area contributed by atoms with Crippen LogP contribution in [-0.4, -0.2) is 41.1 Å². The van der Waals surface area contributed by atoms with E-state index in [4.69, 9.17) is 16.3 Å². The van der Waals surface area contributed by atoms with Gasteiger partial charge >= 0.3 is 0 Å². The molecule has 0 aromatic heterocycles. The van der Waals surface area contributed by atoms with Crippen LogP contribution in [0.3, 0.4) is 0 Å². The maximum Gasteiger partial charge on any atom is 0.241 e. The van der Waals surface area contributed by atoms with E-state index in [1.54, 1.807) is 23.1 Å². The molecule has 2 atom stereocenters. The van der Waals surface area contributed by atoms with Crippen molar-refractivity contribution >= 4 is 17.5 Å². The lowest BCUT2D eigenvalue weighted by Gasteiger charge is -2.40. The first-order valence-corrected chi connectivity index (χ1v) is 8.98. The molecule has 2 aliphatic rings. The molecule has 3 N–H and O–H groups in total. The summed E-state index contributed by atoms with van der Waals surface area (Å²) in [5.74, 6) is 0.953. The maximum absolute atomic E-state index is 12.6. The predicted octanol–water partition coefficient (Wildman–Crippen LogP) is 2.24. The minimum Gasteiger partial charge on any atom is -0.508 e. The van der Waals surface area contributed by atoms with Crippen molar-refractivity contribution in [3.8, 4) is 11.5 Å². The second-order valence-corrected chi connectivity index (χ2v) is 7.04. The van der Waals surface area contributed by atoms with Gasteiger partial charge in [0, 0.05) is 6.04 Å². The molecule has 2 saturated heterocycles. The van der Waals surface area contributed by atoms with Gasteiger partial charge in [0.15, 0.2) is 0 Å². The van der Waals surface area contributed by atoms with Gasteiger partial charge in [0.25, 0.3) is 0 Å². The number of nitrogens with zero attached hydrogens (tertiary/aromatic N) is 1. The Kier molecular flexibility index (Phi) is 4.72. The fraction of sp³-hybridized carbons (Fsp3) is 0.316. The summed E-state index contributed by atoms with van der Waals surface area (Å²) in [6.07, 6.45) is 0.636. The number of hydrogen-bond donors (Lipinski definition) is 3. The van der Waals surface area contributed by atoms with Gasteiger partial charge in [-0.2, -0.15) is 0 Å². The molecular weight excluding hydrogens is 354 g/mol. The number of amides is 1. The van der Waals surface area contributed by atoms with Crippen LogP contribution in [0.1, 0.15) is 18.0 Å². The number of phenolic OH excluding ortho intramolecular Hbond substituents is 1. The quantitative estimate of drug-likeness (QED) is 0.766. The predicted molar refractivity (Wildman–Crippen MR) is 98.0 cm³/mol. The molecule has 0 spiro atoms. The molecule has 7 heteroatoms. The van der Waals surface area contributed by atoms with Gasteiger partial charge in [-0.1, -0.05) is 35.9 Å². The largest absolute Gasteiger partial charge is 0.508 e. The van der Waals surface area contributed by atoms with E-state index < -0.39 is 0 Å². The average Bonchev–Trinajstić information content (AvgIpc) is 3.09. The highest BCUT2D eigenvalue weighted by Crippen LogP contribution is 2.28. The van der Waals surface area contributed by atoms with Gasteiger partial charge < -0.3 is 14.7 Å². The molecule has 2 heterocycles. The number of carbonyl (C=O) groups is 1. The van der Waals surface area contributed by atoms with Crippen molar-refractivity contribution in [3.05, 3.63) is 59.1 Å². The summed E-state index contributed by atoms with van der Waals surface area (Å²) in [4.78, 5) is 14.4. The number of hydrogen-bond acceptors (Lipinski definition) is 5. The summed E-state index contributed by atoms with van der Waals surface area (Å²) in [6, 6.07) is 14.1. The molecule has 4 rings (SSSR count). The van der Waals surface area contributed by atoms with Gasteiger partial charge in [-0.25, -0.2) is 10.9 Å². The third kappa shape index (κ3) is 3.49. The topological polar surface area (TPSA) is 73.8 Å². The number of nitrogens with one attached hydrogen (secondary N) is 2. The second kappa shape index (κ2) is 7.15. The molecule has 1 amide bonds. The number of benzene rings is 2. The number of likely N-dealkylation sites (tertiary alicyclic amines) is 1. The summed E-state index contributed by atoms with van der Waals surface area (Å²) in [7, 11) is 0. The van der Waals surface area contributed by atoms with Crippen molar-refractivity contribution in [2.24, 2.45) is 0 Å². The van der Waals surface area contributed by atoms with E-state index in [1.165, 1.54) is 0 Å². The Labute approximate surface area is 156 Å². The van der Waals surface area contributed by atoms with E-state index >= 15 is 0 Å². The van der Waals surface area contributed by atoms with Crippen molar-refractivity contribution in [2.75, 3.05) is 13.1 Å². The minimum absolute atomic E-state index is 0.0268.